The van der Waals surface area contributed by atoms with Crippen LogP contribution >= 0.6 is 23.2 Å². The second-order valence-electron chi connectivity index (χ2n) is 3.75. The molecule has 84 valence electrons. The molecule has 0 unspecified atom stereocenters. The van der Waals surface area contributed by atoms with E-state index in [1.807, 2.05) is 42.8 Å². The van der Waals surface area contributed by atoms with Gasteiger partial charge in [-0.25, -0.2) is 4.68 Å². The summed E-state index contributed by atoms with van der Waals surface area (Å²) in [7, 11) is 0. The summed E-state index contributed by atoms with van der Waals surface area (Å²) in [6.07, 6.45) is 0. The van der Waals surface area contributed by atoms with Crippen LogP contribution < -0.4 is 0 Å². The largest absolute Gasteiger partial charge is 0.238 e. The van der Waals surface area contributed by atoms with Crippen LogP contribution in [0, 0.1) is 13.8 Å². The minimum atomic E-state index is 0.425. The van der Waals surface area contributed by atoms with Crippen molar-refractivity contribution in [1.82, 2.24) is 9.78 Å². The number of benzene rings is 1. The molecule has 0 atom stereocenters. The van der Waals surface area contributed by atoms with E-state index in [1.165, 1.54) is 0 Å². The third kappa shape index (κ3) is 2.08. The van der Waals surface area contributed by atoms with Crippen molar-refractivity contribution in [3.8, 4) is 5.69 Å². The van der Waals surface area contributed by atoms with E-state index in [9.17, 15) is 0 Å². The topological polar surface area (TPSA) is 17.8 Å². The lowest BCUT2D eigenvalue weighted by Gasteiger charge is -2.09. The Morgan fingerprint density at radius 2 is 2.00 bits per heavy atom. The molecule has 1 aromatic heterocycles. The zero-order chi connectivity index (χ0) is 11.7. The van der Waals surface area contributed by atoms with E-state index in [1.54, 1.807) is 0 Å². The molecule has 0 amide bonds. The zero-order valence-corrected chi connectivity index (χ0v) is 10.7. The van der Waals surface area contributed by atoms with Crippen molar-refractivity contribution < 1.29 is 0 Å². The van der Waals surface area contributed by atoms with Crippen LogP contribution in [0.3, 0.4) is 0 Å². The van der Waals surface area contributed by atoms with E-state index >= 15 is 0 Å². The average Bonchev–Trinajstić information content (AvgIpc) is 2.57. The highest BCUT2D eigenvalue weighted by molar-refractivity contribution is 6.30. The zero-order valence-electron chi connectivity index (χ0n) is 9.17. The summed E-state index contributed by atoms with van der Waals surface area (Å²) < 4.78 is 1.89. The maximum absolute atomic E-state index is 5.94. The second-order valence-corrected chi connectivity index (χ2v) is 4.45. The van der Waals surface area contributed by atoms with Crippen LogP contribution in [0.4, 0.5) is 0 Å². The lowest BCUT2D eigenvalue weighted by molar-refractivity contribution is 0.826. The van der Waals surface area contributed by atoms with E-state index in [2.05, 4.69) is 5.10 Å². The first-order chi connectivity index (χ1) is 7.61. The van der Waals surface area contributed by atoms with Gasteiger partial charge >= 0.3 is 0 Å². The van der Waals surface area contributed by atoms with Crippen molar-refractivity contribution >= 4 is 23.2 Å². The van der Waals surface area contributed by atoms with Crippen LogP contribution in [-0.2, 0) is 5.88 Å². The normalized spacial score (nSPS) is 10.8. The fraction of sp³-hybridized carbons (Fsp3) is 0.250. The molecule has 0 saturated carbocycles. The lowest BCUT2D eigenvalue weighted by Crippen LogP contribution is -2.02. The van der Waals surface area contributed by atoms with Gasteiger partial charge in [-0.15, -0.1) is 11.6 Å². The Morgan fingerprint density at radius 3 is 2.56 bits per heavy atom. The standard InChI is InChI=1S/C12H12Cl2N2/c1-8-5-9(2)16(15-8)12-4-3-11(14)6-10(12)7-13/h3-6H,7H2,1-2H3. The summed E-state index contributed by atoms with van der Waals surface area (Å²) in [6, 6.07) is 7.70. The molecular weight excluding hydrogens is 243 g/mol. The molecule has 0 N–H and O–H groups in total. The van der Waals surface area contributed by atoms with Crippen LogP contribution in [0.2, 0.25) is 5.02 Å². The highest BCUT2D eigenvalue weighted by Crippen LogP contribution is 2.22. The number of hydrogen-bond donors (Lipinski definition) is 0. The van der Waals surface area contributed by atoms with Crippen LogP contribution in [0.25, 0.3) is 5.69 Å². The van der Waals surface area contributed by atoms with Gasteiger partial charge in [-0.1, -0.05) is 11.6 Å². The quantitative estimate of drug-likeness (QED) is 0.744. The maximum Gasteiger partial charge on any atom is 0.0693 e. The van der Waals surface area contributed by atoms with Crippen LogP contribution in [0.1, 0.15) is 17.0 Å². The highest BCUT2D eigenvalue weighted by Gasteiger charge is 2.08. The number of halogens is 2. The molecular formula is C12H12Cl2N2. The van der Waals surface area contributed by atoms with E-state index in [0.29, 0.717) is 10.9 Å². The molecule has 0 aliphatic carbocycles. The van der Waals surface area contributed by atoms with Crippen molar-refractivity contribution in [2.75, 3.05) is 0 Å². The summed E-state index contributed by atoms with van der Waals surface area (Å²) >= 11 is 11.9. The summed E-state index contributed by atoms with van der Waals surface area (Å²) in [6.45, 7) is 3.99. The van der Waals surface area contributed by atoms with Crippen LogP contribution in [0.15, 0.2) is 24.3 Å². The van der Waals surface area contributed by atoms with E-state index in [4.69, 9.17) is 23.2 Å². The van der Waals surface area contributed by atoms with Crippen molar-refractivity contribution in [2.24, 2.45) is 0 Å². The molecule has 0 aliphatic heterocycles. The molecule has 2 aromatic rings. The molecule has 0 radical (unpaired) electrons. The molecule has 0 saturated heterocycles. The number of aryl methyl sites for hydroxylation is 2. The number of hydrogen-bond acceptors (Lipinski definition) is 1. The predicted octanol–water partition coefficient (Wildman–Crippen LogP) is 3.88. The number of aromatic nitrogens is 2. The van der Waals surface area contributed by atoms with Gasteiger partial charge in [0.15, 0.2) is 0 Å². The molecule has 0 fully saturated rings. The van der Waals surface area contributed by atoms with Gasteiger partial charge < -0.3 is 0 Å². The molecule has 1 heterocycles. The molecule has 4 heteroatoms. The summed E-state index contributed by atoms with van der Waals surface area (Å²) in [5.74, 6) is 0.425. The summed E-state index contributed by atoms with van der Waals surface area (Å²) in [5.41, 5.74) is 4.06. The first kappa shape index (κ1) is 11.5. The lowest BCUT2D eigenvalue weighted by atomic mass is 10.2. The summed E-state index contributed by atoms with van der Waals surface area (Å²) in [4.78, 5) is 0. The van der Waals surface area contributed by atoms with E-state index in [-0.39, 0.29) is 0 Å². The van der Waals surface area contributed by atoms with Gasteiger partial charge in [0.05, 0.1) is 11.4 Å². The maximum atomic E-state index is 5.94. The smallest absolute Gasteiger partial charge is 0.0693 e. The Hall–Kier alpha value is -0.990. The Bertz CT molecular complexity index is 518. The van der Waals surface area contributed by atoms with Gasteiger partial charge in [-0.05, 0) is 43.7 Å². The molecule has 1 aromatic carbocycles. The third-order valence-electron chi connectivity index (χ3n) is 2.42. The van der Waals surface area contributed by atoms with Crippen molar-refractivity contribution in [1.29, 1.82) is 0 Å². The van der Waals surface area contributed by atoms with Gasteiger partial charge in [0.1, 0.15) is 0 Å². The van der Waals surface area contributed by atoms with Gasteiger partial charge in [0.2, 0.25) is 0 Å². The van der Waals surface area contributed by atoms with Crippen LogP contribution in [0.5, 0.6) is 0 Å². The monoisotopic (exact) mass is 254 g/mol. The SMILES string of the molecule is Cc1cc(C)n(-c2ccc(Cl)cc2CCl)n1. The Labute approximate surface area is 105 Å². The van der Waals surface area contributed by atoms with Crippen molar-refractivity contribution in [2.45, 2.75) is 19.7 Å². The van der Waals surface area contributed by atoms with Gasteiger partial charge in [-0.2, -0.15) is 5.10 Å². The average molecular weight is 255 g/mol. The van der Waals surface area contributed by atoms with E-state index < -0.39 is 0 Å². The van der Waals surface area contributed by atoms with Crippen molar-refractivity contribution in [3.63, 3.8) is 0 Å². The third-order valence-corrected chi connectivity index (χ3v) is 2.95. The van der Waals surface area contributed by atoms with Crippen LogP contribution in [-0.4, -0.2) is 9.78 Å². The fourth-order valence-electron chi connectivity index (χ4n) is 1.74. The highest BCUT2D eigenvalue weighted by atomic mass is 35.5. The predicted molar refractivity (Wildman–Crippen MR) is 67.6 cm³/mol. The molecule has 2 rings (SSSR count). The number of alkyl halides is 1. The van der Waals surface area contributed by atoms with Gasteiger partial charge in [-0.3, -0.25) is 0 Å². The van der Waals surface area contributed by atoms with Gasteiger partial charge in [0.25, 0.3) is 0 Å². The molecule has 16 heavy (non-hydrogen) atoms. The fourth-order valence-corrected chi connectivity index (χ4v) is 2.15. The van der Waals surface area contributed by atoms with Crippen molar-refractivity contribution in [3.05, 3.63) is 46.2 Å². The Morgan fingerprint density at radius 1 is 1.25 bits per heavy atom. The Kier molecular flexibility index (Phi) is 3.22. The molecule has 2 nitrogen and oxygen atoms in total. The van der Waals surface area contributed by atoms with Gasteiger partial charge in [0, 0.05) is 16.6 Å². The number of nitrogens with zero attached hydrogens (tertiary/aromatic N) is 2. The molecule has 0 bridgehead atoms. The molecule has 0 spiro atoms. The minimum Gasteiger partial charge on any atom is -0.238 e. The second kappa shape index (κ2) is 4.48. The first-order valence-electron chi connectivity index (χ1n) is 5.00. The summed E-state index contributed by atoms with van der Waals surface area (Å²) in [5, 5.41) is 5.13. The molecule has 0 aliphatic rings. The Balaban J connectivity index is 2.59. The van der Waals surface area contributed by atoms with E-state index in [0.717, 1.165) is 22.6 Å². The first-order valence-corrected chi connectivity index (χ1v) is 5.91. The minimum absolute atomic E-state index is 0.425. The number of rotatable bonds is 2.